The van der Waals surface area contributed by atoms with Crippen LogP contribution in [0.5, 0.6) is 5.75 Å². The Kier molecular flexibility index (Phi) is 12.5. The Bertz CT molecular complexity index is 535. The van der Waals surface area contributed by atoms with E-state index in [0.717, 1.165) is 30.8 Å². The Hall–Kier alpha value is -1.02. The van der Waals surface area contributed by atoms with Crippen molar-refractivity contribution < 1.29 is 4.74 Å². The number of hydrogen-bond acceptors (Lipinski definition) is 3. The van der Waals surface area contributed by atoms with E-state index in [0.29, 0.717) is 6.54 Å². The molecule has 1 aromatic carbocycles. The van der Waals surface area contributed by atoms with Crippen molar-refractivity contribution in [3.8, 4) is 5.75 Å². The Morgan fingerprint density at radius 1 is 1.19 bits per heavy atom. The highest BCUT2D eigenvalue weighted by Crippen LogP contribution is 2.16. The van der Waals surface area contributed by atoms with Gasteiger partial charge in [-0.25, -0.2) is 4.99 Å². The molecule has 1 aromatic rings. The van der Waals surface area contributed by atoms with Crippen molar-refractivity contribution >= 4 is 29.9 Å². The molecule has 5 nitrogen and oxygen atoms in total. The average molecular weight is 488 g/mol. The fourth-order valence-electron chi connectivity index (χ4n) is 3.38. The second-order valence-electron chi connectivity index (χ2n) is 7.06. The molecular formula is C21H37IN4O. The Morgan fingerprint density at radius 2 is 1.96 bits per heavy atom. The fourth-order valence-corrected chi connectivity index (χ4v) is 3.38. The minimum absolute atomic E-state index is 0. The molecule has 0 aromatic heterocycles. The summed E-state index contributed by atoms with van der Waals surface area (Å²) in [6, 6.07) is 8.84. The molecule has 0 aliphatic carbocycles. The first-order valence-corrected chi connectivity index (χ1v) is 10.1. The zero-order chi connectivity index (χ0) is 18.6. The number of nitrogens with one attached hydrogen (secondary N) is 2. The second kappa shape index (κ2) is 14.0. The van der Waals surface area contributed by atoms with E-state index >= 15 is 0 Å². The molecule has 1 aliphatic heterocycles. The van der Waals surface area contributed by atoms with Crippen LogP contribution in [0.15, 0.2) is 29.3 Å². The Morgan fingerprint density at radius 3 is 2.63 bits per heavy atom. The molecule has 1 atom stereocenters. The van der Waals surface area contributed by atoms with Crippen molar-refractivity contribution in [1.82, 2.24) is 15.5 Å². The van der Waals surface area contributed by atoms with E-state index in [1.165, 1.54) is 50.8 Å². The van der Waals surface area contributed by atoms with Crippen LogP contribution in [0.2, 0.25) is 0 Å². The summed E-state index contributed by atoms with van der Waals surface area (Å²) < 4.78 is 5.20. The SMILES string of the molecule is CCNC(=NCc1ccc(OC)cc1)NCCCCN1CCCCC1C.I. The molecule has 1 unspecified atom stereocenters. The molecule has 154 valence electrons. The lowest BCUT2D eigenvalue weighted by molar-refractivity contribution is 0.158. The number of rotatable bonds is 9. The lowest BCUT2D eigenvalue weighted by Gasteiger charge is -2.33. The number of likely N-dealkylation sites (tertiary alicyclic amines) is 1. The van der Waals surface area contributed by atoms with Gasteiger partial charge in [0.1, 0.15) is 5.75 Å². The van der Waals surface area contributed by atoms with Crippen LogP contribution in [0.25, 0.3) is 0 Å². The van der Waals surface area contributed by atoms with Gasteiger partial charge in [0.05, 0.1) is 13.7 Å². The standard InChI is InChI=1S/C21H36N4O.HI/c1-4-22-21(24-17-19-10-12-20(26-3)13-11-19)23-14-6-8-16-25-15-7-5-9-18(25)2;/h10-13,18H,4-9,14-17H2,1-3H3,(H2,22,23,24);1H. The first kappa shape index (κ1) is 24.0. The topological polar surface area (TPSA) is 48.9 Å². The number of benzene rings is 1. The molecule has 1 saturated heterocycles. The maximum absolute atomic E-state index is 5.20. The predicted molar refractivity (Wildman–Crippen MR) is 125 cm³/mol. The summed E-state index contributed by atoms with van der Waals surface area (Å²) in [5, 5.41) is 6.78. The first-order valence-electron chi connectivity index (χ1n) is 10.1. The summed E-state index contributed by atoms with van der Waals surface area (Å²) in [5.41, 5.74) is 1.18. The molecule has 0 saturated carbocycles. The van der Waals surface area contributed by atoms with Gasteiger partial charge in [0, 0.05) is 19.1 Å². The van der Waals surface area contributed by atoms with Crippen molar-refractivity contribution in [2.75, 3.05) is 33.3 Å². The monoisotopic (exact) mass is 488 g/mol. The molecule has 2 rings (SSSR count). The third-order valence-electron chi connectivity index (χ3n) is 5.03. The van der Waals surface area contributed by atoms with Crippen molar-refractivity contribution in [1.29, 1.82) is 0 Å². The van der Waals surface area contributed by atoms with Gasteiger partial charge in [0.25, 0.3) is 0 Å². The van der Waals surface area contributed by atoms with Gasteiger partial charge in [-0.15, -0.1) is 24.0 Å². The number of unbranched alkanes of at least 4 members (excludes halogenated alkanes) is 1. The number of aliphatic imine (C=N–C) groups is 1. The van der Waals surface area contributed by atoms with Crippen molar-refractivity contribution in [3.63, 3.8) is 0 Å². The number of methoxy groups -OCH3 is 1. The minimum atomic E-state index is 0. The number of guanidine groups is 1. The van der Waals surface area contributed by atoms with Crippen molar-refractivity contribution in [2.45, 2.75) is 58.5 Å². The molecule has 2 N–H and O–H groups in total. The molecule has 0 radical (unpaired) electrons. The van der Waals surface area contributed by atoms with E-state index in [1.54, 1.807) is 7.11 Å². The second-order valence-corrected chi connectivity index (χ2v) is 7.06. The predicted octanol–water partition coefficient (Wildman–Crippen LogP) is 4.02. The van der Waals surface area contributed by atoms with Crippen LogP contribution < -0.4 is 15.4 Å². The van der Waals surface area contributed by atoms with E-state index in [2.05, 4.69) is 46.5 Å². The summed E-state index contributed by atoms with van der Waals surface area (Å²) in [6.07, 6.45) is 6.55. The van der Waals surface area contributed by atoms with Gasteiger partial charge in [0.2, 0.25) is 0 Å². The van der Waals surface area contributed by atoms with Gasteiger partial charge < -0.3 is 20.3 Å². The maximum atomic E-state index is 5.20. The summed E-state index contributed by atoms with van der Waals surface area (Å²) in [4.78, 5) is 7.33. The molecule has 6 heteroatoms. The maximum Gasteiger partial charge on any atom is 0.191 e. The van der Waals surface area contributed by atoms with Crippen LogP contribution in [-0.4, -0.2) is 50.2 Å². The zero-order valence-corrected chi connectivity index (χ0v) is 19.5. The molecule has 0 bridgehead atoms. The van der Waals surface area contributed by atoms with E-state index in [1.807, 2.05) is 12.1 Å². The molecular weight excluding hydrogens is 451 g/mol. The molecule has 1 fully saturated rings. The quantitative estimate of drug-likeness (QED) is 0.239. The number of ether oxygens (including phenoxy) is 1. The van der Waals surface area contributed by atoms with Crippen LogP contribution in [0.1, 0.15) is 51.5 Å². The Balaban J connectivity index is 0.00000364. The summed E-state index contributed by atoms with van der Waals surface area (Å²) >= 11 is 0. The van der Waals surface area contributed by atoms with Crippen molar-refractivity contribution in [3.05, 3.63) is 29.8 Å². The van der Waals surface area contributed by atoms with Crippen molar-refractivity contribution in [2.24, 2.45) is 4.99 Å². The minimum Gasteiger partial charge on any atom is -0.497 e. The van der Waals surface area contributed by atoms with E-state index in [-0.39, 0.29) is 24.0 Å². The van der Waals surface area contributed by atoms with Gasteiger partial charge in [-0.2, -0.15) is 0 Å². The zero-order valence-electron chi connectivity index (χ0n) is 17.2. The molecule has 27 heavy (non-hydrogen) atoms. The van der Waals surface area contributed by atoms with Gasteiger partial charge in [-0.05, 0) is 70.3 Å². The third-order valence-corrected chi connectivity index (χ3v) is 5.03. The van der Waals surface area contributed by atoms with E-state index in [4.69, 9.17) is 4.74 Å². The highest BCUT2D eigenvalue weighted by molar-refractivity contribution is 14.0. The number of halogens is 1. The summed E-state index contributed by atoms with van der Waals surface area (Å²) in [7, 11) is 1.69. The third kappa shape index (κ3) is 9.14. The van der Waals surface area contributed by atoms with Gasteiger partial charge in [0.15, 0.2) is 5.96 Å². The molecule has 1 heterocycles. The normalized spacial score (nSPS) is 17.9. The molecule has 1 aliphatic rings. The van der Waals surface area contributed by atoms with Crippen LogP contribution in [0.3, 0.4) is 0 Å². The number of piperidine rings is 1. The summed E-state index contributed by atoms with van der Waals surface area (Å²) in [6.45, 7) is 9.48. The van der Waals surface area contributed by atoms with Crippen LogP contribution in [0, 0.1) is 0 Å². The summed E-state index contributed by atoms with van der Waals surface area (Å²) in [5.74, 6) is 1.78. The highest BCUT2D eigenvalue weighted by Gasteiger charge is 2.16. The number of hydrogen-bond donors (Lipinski definition) is 2. The van der Waals surface area contributed by atoms with Gasteiger partial charge in [-0.1, -0.05) is 18.6 Å². The highest BCUT2D eigenvalue weighted by atomic mass is 127. The largest absolute Gasteiger partial charge is 0.497 e. The first-order chi connectivity index (χ1) is 12.7. The lowest BCUT2D eigenvalue weighted by atomic mass is 10.0. The van der Waals surface area contributed by atoms with Crippen LogP contribution >= 0.6 is 24.0 Å². The van der Waals surface area contributed by atoms with Gasteiger partial charge in [-0.3, -0.25) is 0 Å². The van der Waals surface area contributed by atoms with E-state index < -0.39 is 0 Å². The van der Waals surface area contributed by atoms with Crippen LogP contribution in [0.4, 0.5) is 0 Å². The van der Waals surface area contributed by atoms with E-state index in [9.17, 15) is 0 Å². The smallest absolute Gasteiger partial charge is 0.191 e. The lowest BCUT2D eigenvalue weighted by Crippen LogP contribution is -2.39. The van der Waals surface area contributed by atoms with Gasteiger partial charge >= 0.3 is 0 Å². The number of nitrogens with zero attached hydrogens (tertiary/aromatic N) is 2. The van der Waals surface area contributed by atoms with Crippen LogP contribution in [-0.2, 0) is 6.54 Å². The average Bonchev–Trinajstić information content (AvgIpc) is 2.67. The fraction of sp³-hybridized carbons (Fsp3) is 0.667. The molecule has 0 amide bonds. The Labute approximate surface area is 182 Å². The molecule has 0 spiro atoms.